The summed E-state index contributed by atoms with van der Waals surface area (Å²) < 4.78 is 1.71. The zero-order valence-electron chi connectivity index (χ0n) is 20.7. The minimum absolute atomic E-state index is 0.100. The van der Waals surface area contributed by atoms with E-state index in [4.69, 9.17) is 0 Å². The summed E-state index contributed by atoms with van der Waals surface area (Å²) in [6.45, 7) is 9.01. The number of carbonyl (C=O) groups excluding carboxylic acids is 1. The standard InChI is InChI=1S/C28H39N3O2/c1-16-18(13-29)14-31(30-16)15-23(32)25-27(3)10-8-20-19-7-9-26(2,33)11-17(19)5-6-21(20)24(27)22-12-28(22,25)4/h14,17,19-22,24-25,33H,5-12,15H2,1-4H3/t17?,19-,20+,21+,22-,24+,25+,26+,27-,28-/m0/s1. The van der Waals surface area contributed by atoms with Crippen LogP contribution in [0.15, 0.2) is 6.20 Å². The van der Waals surface area contributed by atoms with Gasteiger partial charge in [-0.25, -0.2) is 0 Å². The van der Waals surface area contributed by atoms with E-state index in [-0.39, 0.29) is 16.7 Å². The van der Waals surface area contributed by atoms with Crippen LogP contribution in [0.25, 0.3) is 0 Å². The van der Waals surface area contributed by atoms with Crippen molar-refractivity contribution in [3.63, 3.8) is 0 Å². The van der Waals surface area contributed by atoms with Gasteiger partial charge in [-0.3, -0.25) is 9.48 Å². The third-order valence-corrected chi connectivity index (χ3v) is 11.3. The van der Waals surface area contributed by atoms with Crippen molar-refractivity contribution in [3.8, 4) is 6.07 Å². The summed E-state index contributed by atoms with van der Waals surface area (Å²) in [4.78, 5) is 13.8. The number of rotatable bonds is 3. The van der Waals surface area contributed by atoms with E-state index in [1.54, 1.807) is 10.9 Å². The third kappa shape index (κ3) is 3.05. The van der Waals surface area contributed by atoms with Gasteiger partial charge in [0.1, 0.15) is 6.07 Å². The quantitative estimate of drug-likeness (QED) is 0.712. The van der Waals surface area contributed by atoms with Gasteiger partial charge in [0, 0.05) is 12.1 Å². The summed E-state index contributed by atoms with van der Waals surface area (Å²) in [5.41, 5.74) is 1.06. The van der Waals surface area contributed by atoms with Crippen LogP contribution in [0.2, 0.25) is 0 Å². The van der Waals surface area contributed by atoms with Crippen LogP contribution in [0.5, 0.6) is 0 Å². The summed E-state index contributed by atoms with van der Waals surface area (Å²) >= 11 is 0. The third-order valence-electron chi connectivity index (χ3n) is 11.3. The van der Waals surface area contributed by atoms with E-state index in [1.807, 2.05) is 13.8 Å². The highest BCUT2D eigenvalue weighted by atomic mass is 16.3. The molecule has 10 atom stereocenters. The number of aliphatic hydroxyl groups is 1. The molecule has 0 radical (unpaired) electrons. The molecular weight excluding hydrogens is 410 g/mol. The van der Waals surface area contributed by atoms with Gasteiger partial charge in [0.2, 0.25) is 0 Å². The second-order valence-corrected chi connectivity index (χ2v) is 13.3. The predicted octanol–water partition coefficient (Wildman–Crippen LogP) is 4.90. The minimum Gasteiger partial charge on any atom is -0.390 e. The van der Waals surface area contributed by atoms with Crippen LogP contribution >= 0.6 is 0 Å². The van der Waals surface area contributed by atoms with Gasteiger partial charge in [-0.15, -0.1) is 0 Å². The maximum absolute atomic E-state index is 13.8. The first-order valence-corrected chi connectivity index (χ1v) is 13.3. The summed E-state index contributed by atoms with van der Waals surface area (Å²) in [6, 6.07) is 2.18. The van der Waals surface area contributed by atoms with Crippen LogP contribution in [-0.4, -0.2) is 26.3 Å². The highest BCUT2D eigenvalue weighted by Gasteiger charge is 2.76. The number of hydrogen-bond acceptors (Lipinski definition) is 4. The Labute approximate surface area is 197 Å². The van der Waals surface area contributed by atoms with E-state index < -0.39 is 5.60 Å². The Morgan fingerprint density at radius 2 is 1.88 bits per heavy atom. The van der Waals surface area contributed by atoms with Crippen LogP contribution in [0, 0.1) is 70.5 Å². The number of Topliss-reactive ketones (excluding diaryl/α,β-unsaturated/α-hetero) is 1. The fourth-order valence-electron chi connectivity index (χ4n) is 10.2. The number of nitrogens with zero attached hydrogens (tertiary/aromatic N) is 3. The summed E-state index contributed by atoms with van der Waals surface area (Å²) in [7, 11) is 0. The molecule has 1 unspecified atom stereocenters. The molecule has 6 rings (SSSR count). The summed E-state index contributed by atoms with van der Waals surface area (Å²) in [6.07, 6.45) is 11.1. The van der Waals surface area contributed by atoms with Gasteiger partial charge in [0.15, 0.2) is 5.78 Å². The molecular formula is C28H39N3O2. The molecule has 33 heavy (non-hydrogen) atoms. The maximum Gasteiger partial charge on any atom is 0.158 e. The van der Waals surface area contributed by atoms with Crippen LogP contribution in [0.3, 0.4) is 0 Å². The molecule has 5 heteroatoms. The number of carbonyl (C=O) groups is 1. The number of aryl methyl sites for hydroxylation is 1. The van der Waals surface area contributed by atoms with Gasteiger partial charge < -0.3 is 5.11 Å². The predicted molar refractivity (Wildman–Crippen MR) is 125 cm³/mol. The Morgan fingerprint density at radius 3 is 2.61 bits per heavy atom. The van der Waals surface area contributed by atoms with Crippen LogP contribution in [-0.2, 0) is 11.3 Å². The molecule has 5 aliphatic rings. The van der Waals surface area contributed by atoms with Crippen LogP contribution < -0.4 is 0 Å². The van der Waals surface area contributed by atoms with Crippen molar-refractivity contribution in [1.29, 1.82) is 5.26 Å². The molecule has 0 aromatic carbocycles. The second-order valence-electron chi connectivity index (χ2n) is 13.3. The lowest BCUT2D eigenvalue weighted by Crippen LogP contribution is -2.52. The number of nitriles is 1. The Hall–Kier alpha value is -1.67. The van der Waals surface area contributed by atoms with Crippen LogP contribution in [0.4, 0.5) is 0 Å². The van der Waals surface area contributed by atoms with Crippen molar-refractivity contribution < 1.29 is 9.90 Å². The number of hydrogen-bond donors (Lipinski definition) is 1. The Morgan fingerprint density at radius 1 is 1.12 bits per heavy atom. The first-order chi connectivity index (χ1) is 15.6. The van der Waals surface area contributed by atoms with E-state index in [9.17, 15) is 15.2 Å². The van der Waals surface area contributed by atoms with Crippen molar-refractivity contribution in [2.45, 2.75) is 91.2 Å². The van der Waals surface area contributed by atoms with E-state index >= 15 is 0 Å². The smallest absolute Gasteiger partial charge is 0.158 e. The van der Waals surface area contributed by atoms with Gasteiger partial charge in [0.25, 0.3) is 0 Å². The van der Waals surface area contributed by atoms with Crippen LogP contribution in [0.1, 0.15) is 83.4 Å². The number of fused-ring (bicyclic) bond motifs is 7. The van der Waals surface area contributed by atoms with Gasteiger partial charge in [-0.2, -0.15) is 10.4 Å². The highest BCUT2D eigenvalue weighted by molar-refractivity contribution is 5.84. The zero-order chi connectivity index (χ0) is 23.3. The van der Waals surface area contributed by atoms with Crippen molar-refractivity contribution in [2.75, 3.05) is 0 Å². The lowest BCUT2D eigenvalue weighted by molar-refractivity contribution is -0.138. The lowest BCUT2D eigenvalue weighted by Gasteiger charge is -2.57. The van der Waals surface area contributed by atoms with Crippen molar-refractivity contribution in [3.05, 3.63) is 17.5 Å². The number of aromatic nitrogens is 2. The van der Waals surface area contributed by atoms with Gasteiger partial charge in [0.05, 0.1) is 23.4 Å². The van der Waals surface area contributed by atoms with Gasteiger partial charge in [-0.05, 0) is 112 Å². The first kappa shape index (κ1) is 21.8. The molecule has 5 saturated carbocycles. The van der Waals surface area contributed by atoms with E-state index in [0.717, 1.165) is 30.6 Å². The summed E-state index contributed by atoms with van der Waals surface area (Å²) in [5, 5.41) is 24.4. The monoisotopic (exact) mass is 449 g/mol. The molecule has 0 amide bonds. The maximum atomic E-state index is 13.8. The molecule has 1 aromatic rings. The molecule has 0 saturated heterocycles. The topological polar surface area (TPSA) is 78.9 Å². The van der Waals surface area contributed by atoms with E-state index in [1.165, 1.54) is 38.5 Å². The number of ketones is 1. The SMILES string of the molecule is Cc1nn(CC(=O)[C@@H]2[C@@]3(C)CC[C@H]4[C@@H](CCC5C[C@](C)(O)CC[C@@H]54)[C@@H]3[C@@H]3C[C@]23C)cc1C#N. The fourth-order valence-corrected chi connectivity index (χ4v) is 10.2. The molecule has 0 spiro atoms. The first-order valence-electron chi connectivity index (χ1n) is 13.3. The Balaban J connectivity index is 1.26. The van der Waals surface area contributed by atoms with E-state index in [2.05, 4.69) is 25.0 Å². The van der Waals surface area contributed by atoms with Gasteiger partial charge in [-0.1, -0.05) is 13.8 Å². The van der Waals surface area contributed by atoms with Gasteiger partial charge >= 0.3 is 0 Å². The second kappa shape index (κ2) is 6.94. The molecule has 5 nitrogen and oxygen atoms in total. The fraction of sp³-hybridized carbons (Fsp3) is 0.821. The normalized spacial score (nSPS) is 49.9. The zero-order valence-corrected chi connectivity index (χ0v) is 20.7. The van der Waals surface area contributed by atoms with Crippen molar-refractivity contribution >= 4 is 5.78 Å². The Kier molecular flexibility index (Phi) is 4.59. The highest BCUT2D eigenvalue weighted by Crippen LogP contribution is 2.80. The largest absolute Gasteiger partial charge is 0.390 e. The summed E-state index contributed by atoms with van der Waals surface area (Å²) in [5.74, 6) is 4.84. The van der Waals surface area contributed by atoms with Crippen molar-refractivity contribution in [1.82, 2.24) is 9.78 Å². The van der Waals surface area contributed by atoms with Crippen molar-refractivity contribution in [2.24, 2.45) is 52.3 Å². The lowest BCUT2D eigenvalue weighted by atomic mass is 9.47. The molecule has 1 heterocycles. The molecule has 178 valence electrons. The Bertz CT molecular complexity index is 1040. The average molecular weight is 450 g/mol. The molecule has 0 aliphatic heterocycles. The molecule has 1 aromatic heterocycles. The molecule has 0 bridgehead atoms. The average Bonchev–Trinajstić information content (AvgIpc) is 3.17. The van der Waals surface area contributed by atoms with E-state index in [0.29, 0.717) is 41.3 Å². The molecule has 1 N–H and O–H groups in total. The minimum atomic E-state index is -0.465. The molecule has 5 aliphatic carbocycles. The molecule has 5 fully saturated rings.